The number of unbranched alkanes of at least 4 members (excludes halogenated alkanes) is 2. The highest BCUT2D eigenvalue weighted by molar-refractivity contribution is 5.80. The number of aldehydes is 1. The molecule has 11 unspecified atom stereocenters. The van der Waals surface area contributed by atoms with Gasteiger partial charge in [-0.1, -0.05) is 59.6 Å². The van der Waals surface area contributed by atoms with E-state index >= 15 is 4.79 Å². The number of hydrogen-bond acceptors (Lipinski definition) is 19. The number of fused-ring (bicyclic) bond motifs is 7. The number of amides is 1. The monoisotopic (exact) mass is 1040 g/mol. The van der Waals surface area contributed by atoms with Gasteiger partial charge in [0.1, 0.15) is 60.5 Å². The Labute approximate surface area is 428 Å². The van der Waals surface area contributed by atoms with Gasteiger partial charge >= 0.3 is 5.97 Å². The van der Waals surface area contributed by atoms with Crippen LogP contribution in [-0.2, 0) is 42.8 Å². The molecule has 4 saturated carbocycles. The highest BCUT2D eigenvalue weighted by atomic mass is 16.8. The van der Waals surface area contributed by atoms with Crippen LogP contribution in [0.5, 0.6) is 0 Å². The lowest BCUT2D eigenvalue weighted by molar-refractivity contribution is -0.370. The summed E-state index contributed by atoms with van der Waals surface area (Å²) in [5, 5.41) is 104. The number of nitrogens with one attached hydrogen (secondary N) is 1. The zero-order valence-electron chi connectivity index (χ0n) is 43.7. The Kier molecular flexibility index (Phi) is 16.5. The van der Waals surface area contributed by atoms with Crippen LogP contribution in [0.15, 0.2) is 11.6 Å². The lowest BCUT2D eigenvalue weighted by Crippen LogP contribution is -2.69. The van der Waals surface area contributed by atoms with Crippen molar-refractivity contribution < 1.29 is 88.8 Å². The Hall–Kier alpha value is -2.25. The highest BCUT2D eigenvalue weighted by Gasteiger charge is 2.72. The molecule has 20 nitrogen and oxygen atoms in total. The number of aliphatic hydroxyl groups excluding tert-OH is 9. The van der Waals surface area contributed by atoms with E-state index < -0.39 is 145 Å². The van der Waals surface area contributed by atoms with Crippen molar-refractivity contribution in [2.24, 2.45) is 56.0 Å². The summed E-state index contributed by atoms with van der Waals surface area (Å²) in [6, 6.07) is -1.34. The summed E-state index contributed by atoms with van der Waals surface area (Å²) in [6.45, 7) is 13.8. The Balaban J connectivity index is 1.10. The zero-order chi connectivity index (χ0) is 53.4. The number of carbonyl (C=O) groups excluding carboxylic acids is 3. The van der Waals surface area contributed by atoms with Crippen LogP contribution in [0.3, 0.4) is 0 Å². The molecule has 3 aliphatic heterocycles. The summed E-state index contributed by atoms with van der Waals surface area (Å²) < 4.78 is 36.2. The molecule has 0 aromatic carbocycles. The average molecular weight is 1040 g/mol. The number of nitrogens with two attached hydrogens (primary N) is 1. The Morgan fingerprint density at radius 2 is 1.48 bits per heavy atom. The third kappa shape index (κ3) is 9.59. The van der Waals surface area contributed by atoms with Gasteiger partial charge in [-0.15, -0.1) is 0 Å². The molecule has 8 rings (SSSR count). The van der Waals surface area contributed by atoms with Crippen LogP contribution >= 0.6 is 0 Å². The molecule has 0 aromatic rings. The number of hydrogen-bond donors (Lipinski definition) is 11. The second-order valence-corrected chi connectivity index (χ2v) is 25.0. The van der Waals surface area contributed by atoms with Gasteiger partial charge in [0.05, 0.1) is 43.0 Å². The fraction of sp³-hybridized carbons (Fsp3) is 0.906. The molecule has 3 heterocycles. The quantitative estimate of drug-likeness (QED) is 0.0491. The van der Waals surface area contributed by atoms with Crippen LogP contribution in [0.4, 0.5) is 0 Å². The van der Waals surface area contributed by atoms with E-state index in [-0.39, 0.29) is 47.3 Å². The van der Waals surface area contributed by atoms with Crippen LogP contribution in [0.1, 0.15) is 132 Å². The second kappa shape index (κ2) is 21.2. The standard InChI is InChI=1S/C53H86N2O18/c1-26-42(71-44-40(65)37(62)29(58)24-68-44)39(64)41(66)45(69-26)72-43-38(63)36(55-35(61)11-9-8-10-20-54)30(23-56)70-46(43)73-47(67)53-19-18-48(2,3)21-28(53)27-12-13-32-49(4)16-15-33(59)50(5,25-57)31(49)14-17-51(32,6)52(27,7)22-34(53)60/h12,25-26,28-34,36-46,56,58-60,62-66H,8-11,13-24,54H2,1-7H3,(H,55,61)/t26-,28?,29-,30?,31-,32?,33+,34?,36+,37?,38?,39?,40?,41?,42+,43?,44+,45+,46+,49?,50-,51+,52-,53-/m1/s1. The molecule has 0 bridgehead atoms. The third-order valence-electron chi connectivity index (χ3n) is 20.3. The van der Waals surface area contributed by atoms with Crippen LogP contribution in [0, 0.1) is 50.2 Å². The molecule has 7 fully saturated rings. The lowest BCUT2D eigenvalue weighted by Gasteiger charge is -2.71. The molecule has 0 radical (unpaired) electrons. The summed E-state index contributed by atoms with van der Waals surface area (Å²) in [6.07, 6.45) is -12.8. The largest absolute Gasteiger partial charge is 0.432 e. The summed E-state index contributed by atoms with van der Waals surface area (Å²) in [7, 11) is 0. The first-order valence-corrected chi connectivity index (χ1v) is 26.9. The predicted molar refractivity (Wildman–Crippen MR) is 258 cm³/mol. The van der Waals surface area contributed by atoms with Gasteiger partial charge in [-0.05, 0) is 124 Å². The molecule has 24 atom stereocenters. The number of rotatable bonds is 14. The normalized spacial score (nSPS) is 50.5. The molecule has 1 amide bonds. The number of allylic oxidation sites excluding steroid dienone is 2. The fourth-order valence-corrected chi connectivity index (χ4v) is 15.7. The molecule has 0 aromatic heterocycles. The first kappa shape index (κ1) is 56.9. The zero-order valence-corrected chi connectivity index (χ0v) is 43.7. The van der Waals surface area contributed by atoms with E-state index in [0.717, 1.165) is 31.1 Å². The van der Waals surface area contributed by atoms with Crippen LogP contribution in [-0.4, -0.2) is 182 Å². The van der Waals surface area contributed by atoms with Crippen molar-refractivity contribution in [3.05, 3.63) is 11.6 Å². The minimum absolute atomic E-state index is 0.0375. The molecule has 0 spiro atoms. The van der Waals surface area contributed by atoms with Crippen molar-refractivity contribution >= 4 is 18.2 Å². The van der Waals surface area contributed by atoms with Gasteiger partial charge in [-0.2, -0.15) is 0 Å². The van der Waals surface area contributed by atoms with Crippen molar-refractivity contribution in [2.75, 3.05) is 19.8 Å². The minimum atomic E-state index is -1.93. The first-order chi connectivity index (χ1) is 34.3. The fourth-order valence-electron chi connectivity index (χ4n) is 15.7. The van der Waals surface area contributed by atoms with Crippen molar-refractivity contribution in [3.8, 4) is 0 Å². The summed E-state index contributed by atoms with van der Waals surface area (Å²) in [4.78, 5) is 41.7. The molecule has 5 aliphatic carbocycles. The number of esters is 1. The molecule has 12 N–H and O–H groups in total. The Bertz CT molecular complexity index is 2030. The summed E-state index contributed by atoms with van der Waals surface area (Å²) in [5.41, 5.74) is 2.84. The van der Waals surface area contributed by atoms with Crippen LogP contribution in [0.2, 0.25) is 0 Å². The van der Waals surface area contributed by atoms with Crippen molar-refractivity contribution in [3.63, 3.8) is 0 Å². The molecule has 416 valence electrons. The SMILES string of the molecule is C[C@H]1O[C@@H](OC2C(O)[C@@H](NC(=O)CCCCCN)C(CO)O[C@H]2OC(=O)[C@]23CCC(C)(C)CC2C2=CCC4C5(C)CC[C@H](O)[C@](C)(C=O)[C@@H]5CC[C@]4(C)[C@]2(C)CC3O)C(O)C(O)[C@H]1O[C@@H]1OC[C@@H](O)C(O)C1O. The number of ether oxygens (including phenoxy) is 6. The van der Waals surface area contributed by atoms with Crippen LogP contribution < -0.4 is 11.1 Å². The predicted octanol–water partition coefficient (Wildman–Crippen LogP) is 0.600. The number of aliphatic hydroxyl groups is 9. The molecule has 8 aliphatic rings. The van der Waals surface area contributed by atoms with E-state index in [0.29, 0.717) is 51.5 Å². The molecule has 20 heteroatoms. The van der Waals surface area contributed by atoms with Gasteiger partial charge in [0, 0.05) is 6.42 Å². The van der Waals surface area contributed by atoms with Gasteiger partial charge in [-0.25, -0.2) is 0 Å². The van der Waals surface area contributed by atoms with E-state index in [1.807, 2.05) is 6.92 Å². The van der Waals surface area contributed by atoms with Gasteiger partial charge in [0.25, 0.3) is 0 Å². The molecular weight excluding hydrogens is 953 g/mol. The molecular formula is C53H86N2O18. The first-order valence-electron chi connectivity index (χ1n) is 26.9. The van der Waals surface area contributed by atoms with Crippen molar-refractivity contribution in [2.45, 2.75) is 230 Å². The van der Waals surface area contributed by atoms with E-state index in [1.54, 1.807) is 0 Å². The second-order valence-electron chi connectivity index (χ2n) is 25.0. The van der Waals surface area contributed by atoms with Crippen molar-refractivity contribution in [1.29, 1.82) is 0 Å². The van der Waals surface area contributed by atoms with Gasteiger partial charge in [-0.3, -0.25) is 9.59 Å². The number of carbonyl (C=O) groups is 3. The Morgan fingerprint density at radius 3 is 2.16 bits per heavy atom. The lowest BCUT2D eigenvalue weighted by atomic mass is 9.33. The van der Waals surface area contributed by atoms with Gasteiger partial charge < -0.3 is 90.2 Å². The van der Waals surface area contributed by atoms with Gasteiger partial charge in [0.2, 0.25) is 12.2 Å². The summed E-state index contributed by atoms with van der Waals surface area (Å²) >= 11 is 0. The maximum Gasteiger partial charge on any atom is 0.317 e. The molecule has 73 heavy (non-hydrogen) atoms. The minimum Gasteiger partial charge on any atom is -0.432 e. The Morgan fingerprint density at radius 1 is 0.781 bits per heavy atom. The topological polar surface area (TPSA) is 327 Å². The summed E-state index contributed by atoms with van der Waals surface area (Å²) in [5.74, 6) is -1.72. The van der Waals surface area contributed by atoms with Gasteiger partial charge in [0.15, 0.2) is 18.7 Å². The van der Waals surface area contributed by atoms with E-state index in [9.17, 15) is 55.5 Å². The third-order valence-corrected chi connectivity index (χ3v) is 20.3. The average Bonchev–Trinajstić information content (AvgIpc) is 3.33. The molecule has 3 saturated heterocycles. The van der Waals surface area contributed by atoms with Crippen LogP contribution in [0.25, 0.3) is 0 Å². The van der Waals surface area contributed by atoms with E-state index in [2.05, 4.69) is 46.0 Å². The maximum atomic E-state index is 15.6. The maximum absolute atomic E-state index is 15.6. The van der Waals surface area contributed by atoms with Crippen molar-refractivity contribution in [1.82, 2.24) is 5.32 Å². The van der Waals surface area contributed by atoms with E-state index in [1.165, 1.54) is 6.92 Å². The highest BCUT2D eigenvalue weighted by Crippen LogP contribution is 2.76. The van der Waals surface area contributed by atoms with E-state index in [4.69, 9.17) is 34.2 Å². The smallest absolute Gasteiger partial charge is 0.317 e.